The number of nitrogens with zero attached hydrogens (tertiary/aromatic N) is 1. The van der Waals surface area contributed by atoms with Gasteiger partial charge in [-0.25, -0.2) is 5.01 Å². The minimum atomic E-state index is 0.148. The number of rotatable bonds is 2. The van der Waals surface area contributed by atoms with E-state index in [2.05, 4.69) is 0 Å². The van der Waals surface area contributed by atoms with Crippen LogP contribution in [0.25, 0.3) is 0 Å². The van der Waals surface area contributed by atoms with Crippen LogP contribution in [0.5, 0.6) is 0 Å². The second-order valence-electron chi connectivity index (χ2n) is 2.91. The fourth-order valence-corrected chi connectivity index (χ4v) is 1.55. The first kappa shape index (κ1) is 8.97. The molecule has 0 amide bonds. The molecule has 1 rings (SSSR count). The smallest absolute Gasteiger partial charge is 0.150 e. The summed E-state index contributed by atoms with van der Waals surface area (Å²) in [5.41, 5.74) is 0. The molecule has 64 valence electrons. The number of hydrogen-bond acceptors (Lipinski definition) is 3. The summed E-state index contributed by atoms with van der Waals surface area (Å²) >= 11 is 5.43. The van der Waals surface area contributed by atoms with E-state index in [0.29, 0.717) is 0 Å². The lowest BCUT2D eigenvalue weighted by Gasteiger charge is -2.26. The molecule has 1 fully saturated rings. The summed E-state index contributed by atoms with van der Waals surface area (Å²) in [7, 11) is 0. The van der Waals surface area contributed by atoms with E-state index in [9.17, 15) is 4.79 Å². The second kappa shape index (κ2) is 4.04. The summed E-state index contributed by atoms with van der Waals surface area (Å²) in [6.45, 7) is 1.63. The van der Waals surface area contributed by atoms with Crippen LogP contribution >= 0.6 is 11.6 Å². The summed E-state index contributed by atoms with van der Waals surface area (Å²) < 4.78 is 0. The Balaban J connectivity index is 2.33. The molecule has 0 spiro atoms. The highest BCUT2D eigenvalue weighted by atomic mass is 35.5. The number of alkyl halides is 1. The van der Waals surface area contributed by atoms with E-state index in [4.69, 9.17) is 17.4 Å². The minimum Gasteiger partial charge on any atom is -0.298 e. The fraction of sp³-hybridized carbons (Fsp3) is 0.857. The lowest BCUT2D eigenvalue weighted by atomic mass is 9.94. The summed E-state index contributed by atoms with van der Waals surface area (Å²) in [4.78, 5) is 11.1. The minimum absolute atomic E-state index is 0.148. The molecule has 1 aliphatic heterocycles. The third-order valence-corrected chi connectivity index (χ3v) is 2.38. The first-order chi connectivity index (χ1) is 5.24. The number of Topliss-reactive ketones (excluding diaryl/α,β-unsaturated/α-hetero) is 1. The van der Waals surface area contributed by atoms with E-state index >= 15 is 0 Å². The Kier molecular flexibility index (Phi) is 3.30. The molecule has 0 unspecified atom stereocenters. The molecule has 0 bridgehead atoms. The Bertz CT molecular complexity index is 143. The topological polar surface area (TPSA) is 46.3 Å². The maximum Gasteiger partial charge on any atom is 0.150 e. The SMILES string of the molecule is NN1CCC(C(=O)CCl)CC1. The van der Waals surface area contributed by atoms with E-state index in [1.165, 1.54) is 0 Å². The van der Waals surface area contributed by atoms with Crippen molar-refractivity contribution in [2.24, 2.45) is 11.8 Å². The molecule has 0 aromatic carbocycles. The first-order valence-corrected chi connectivity index (χ1v) is 4.36. The molecule has 4 heteroatoms. The van der Waals surface area contributed by atoms with Crippen molar-refractivity contribution in [3.63, 3.8) is 0 Å². The quantitative estimate of drug-likeness (QED) is 0.489. The van der Waals surface area contributed by atoms with Gasteiger partial charge >= 0.3 is 0 Å². The molecule has 0 aromatic rings. The Morgan fingerprint density at radius 3 is 2.55 bits per heavy atom. The molecule has 0 radical (unpaired) electrons. The van der Waals surface area contributed by atoms with Gasteiger partial charge in [-0.05, 0) is 12.8 Å². The number of nitrogens with two attached hydrogens (primary N) is 1. The van der Waals surface area contributed by atoms with Gasteiger partial charge in [0.25, 0.3) is 0 Å². The van der Waals surface area contributed by atoms with E-state index in [0.717, 1.165) is 25.9 Å². The molecule has 1 aliphatic rings. The van der Waals surface area contributed by atoms with Crippen LogP contribution in [0.1, 0.15) is 12.8 Å². The Labute approximate surface area is 71.5 Å². The van der Waals surface area contributed by atoms with E-state index < -0.39 is 0 Å². The van der Waals surface area contributed by atoms with Crippen LogP contribution in [0, 0.1) is 5.92 Å². The summed E-state index contributed by atoms with van der Waals surface area (Å²) in [5, 5.41) is 1.75. The highest BCUT2D eigenvalue weighted by Crippen LogP contribution is 2.16. The molecule has 0 saturated carbocycles. The van der Waals surface area contributed by atoms with Gasteiger partial charge in [0.1, 0.15) is 0 Å². The standard InChI is InChI=1S/C7H13ClN2O/c8-5-7(11)6-1-3-10(9)4-2-6/h6H,1-5,9H2. The van der Waals surface area contributed by atoms with Gasteiger partial charge in [-0.15, -0.1) is 11.6 Å². The van der Waals surface area contributed by atoms with Crippen molar-refractivity contribution in [1.29, 1.82) is 0 Å². The fourth-order valence-electron chi connectivity index (χ4n) is 1.33. The van der Waals surface area contributed by atoms with Gasteiger partial charge in [-0.2, -0.15) is 0 Å². The molecule has 1 heterocycles. The molecular weight excluding hydrogens is 164 g/mol. The third kappa shape index (κ3) is 2.43. The Morgan fingerprint density at radius 1 is 1.55 bits per heavy atom. The Morgan fingerprint density at radius 2 is 2.09 bits per heavy atom. The highest BCUT2D eigenvalue weighted by Gasteiger charge is 2.22. The lowest BCUT2D eigenvalue weighted by molar-refractivity contribution is -0.121. The van der Waals surface area contributed by atoms with Crippen LogP contribution < -0.4 is 5.84 Å². The second-order valence-corrected chi connectivity index (χ2v) is 3.18. The Hall–Kier alpha value is -0.120. The zero-order chi connectivity index (χ0) is 8.27. The number of carbonyl (C=O) groups is 1. The molecule has 0 aromatic heterocycles. The molecule has 0 aliphatic carbocycles. The van der Waals surface area contributed by atoms with E-state index in [1.54, 1.807) is 5.01 Å². The monoisotopic (exact) mass is 176 g/mol. The number of hydrazine groups is 1. The number of piperidine rings is 1. The number of carbonyl (C=O) groups excluding carboxylic acids is 1. The first-order valence-electron chi connectivity index (χ1n) is 3.82. The van der Waals surface area contributed by atoms with Crippen molar-refractivity contribution in [1.82, 2.24) is 5.01 Å². The molecular formula is C7H13ClN2O. The van der Waals surface area contributed by atoms with Crippen LogP contribution in [0.3, 0.4) is 0 Å². The highest BCUT2D eigenvalue weighted by molar-refractivity contribution is 6.27. The van der Waals surface area contributed by atoms with Crippen molar-refractivity contribution in [3.05, 3.63) is 0 Å². The van der Waals surface area contributed by atoms with Gasteiger partial charge < -0.3 is 0 Å². The van der Waals surface area contributed by atoms with E-state index in [-0.39, 0.29) is 17.6 Å². The molecule has 2 N–H and O–H groups in total. The normalized spacial score (nSPS) is 22.0. The largest absolute Gasteiger partial charge is 0.298 e. The van der Waals surface area contributed by atoms with Crippen molar-refractivity contribution in [2.45, 2.75) is 12.8 Å². The zero-order valence-electron chi connectivity index (χ0n) is 6.42. The van der Waals surface area contributed by atoms with Gasteiger partial charge in [-0.1, -0.05) is 0 Å². The zero-order valence-corrected chi connectivity index (χ0v) is 7.18. The number of halogens is 1. The number of ketones is 1. The average Bonchev–Trinajstić information content (AvgIpc) is 2.05. The molecule has 1 saturated heterocycles. The molecule has 11 heavy (non-hydrogen) atoms. The molecule has 3 nitrogen and oxygen atoms in total. The lowest BCUT2D eigenvalue weighted by Crippen LogP contribution is -2.40. The molecule has 0 atom stereocenters. The van der Waals surface area contributed by atoms with Crippen molar-refractivity contribution < 1.29 is 4.79 Å². The van der Waals surface area contributed by atoms with Crippen LogP contribution in [-0.4, -0.2) is 29.8 Å². The predicted molar refractivity (Wildman–Crippen MR) is 44.2 cm³/mol. The maximum atomic E-state index is 11.1. The van der Waals surface area contributed by atoms with Crippen molar-refractivity contribution in [3.8, 4) is 0 Å². The van der Waals surface area contributed by atoms with Crippen molar-refractivity contribution in [2.75, 3.05) is 19.0 Å². The van der Waals surface area contributed by atoms with Crippen LogP contribution in [0.15, 0.2) is 0 Å². The summed E-state index contributed by atoms with van der Waals surface area (Å²) in [6.07, 6.45) is 1.73. The predicted octanol–water partition coefficient (Wildman–Crippen LogP) is 0.380. The summed E-state index contributed by atoms with van der Waals surface area (Å²) in [6, 6.07) is 0. The average molecular weight is 177 g/mol. The van der Waals surface area contributed by atoms with Gasteiger partial charge in [0.05, 0.1) is 5.88 Å². The van der Waals surface area contributed by atoms with E-state index in [1.807, 2.05) is 0 Å². The van der Waals surface area contributed by atoms with Crippen LogP contribution in [-0.2, 0) is 4.79 Å². The van der Waals surface area contributed by atoms with Gasteiger partial charge in [-0.3, -0.25) is 10.6 Å². The van der Waals surface area contributed by atoms with Gasteiger partial charge in [0.15, 0.2) is 5.78 Å². The van der Waals surface area contributed by atoms with Crippen LogP contribution in [0.4, 0.5) is 0 Å². The van der Waals surface area contributed by atoms with Crippen LogP contribution in [0.2, 0.25) is 0 Å². The maximum absolute atomic E-state index is 11.1. The summed E-state index contributed by atoms with van der Waals surface area (Å²) in [5.74, 6) is 6.00. The van der Waals surface area contributed by atoms with Gasteiger partial charge in [0.2, 0.25) is 0 Å². The number of hydrogen-bond donors (Lipinski definition) is 1. The van der Waals surface area contributed by atoms with Crippen molar-refractivity contribution >= 4 is 17.4 Å². The van der Waals surface area contributed by atoms with Gasteiger partial charge in [0, 0.05) is 19.0 Å². The third-order valence-electron chi connectivity index (χ3n) is 2.12.